The van der Waals surface area contributed by atoms with Crippen molar-refractivity contribution >= 4 is 17.8 Å². The van der Waals surface area contributed by atoms with Crippen molar-refractivity contribution in [3.63, 3.8) is 0 Å². The van der Waals surface area contributed by atoms with Gasteiger partial charge in [-0.2, -0.15) is 5.10 Å². The fourth-order valence-corrected chi connectivity index (χ4v) is 3.69. The van der Waals surface area contributed by atoms with Crippen LogP contribution >= 0.6 is 0 Å². The van der Waals surface area contributed by atoms with E-state index in [9.17, 15) is 14.4 Å². The predicted octanol–water partition coefficient (Wildman–Crippen LogP) is 1.73. The lowest BCUT2D eigenvalue weighted by atomic mass is 9.97. The maximum atomic E-state index is 13.2. The van der Waals surface area contributed by atoms with Crippen LogP contribution in [0.25, 0.3) is 0 Å². The highest BCUT2D eigenvalue weighted by Crippen LogP contribution is 2.21. The van der Waals surface area contributed by atoms with Crippen molar-refractivity contribution in [2.75, 3.05) is 33.3 Å². The summed E-state index contributed by atoms with van der Waals surface area (Å²) in [5.41, 5.74) is 0.806. The number of aromatic nitrogens is 2. The minimum atomic E-state index is -0.631. The van der Waals surface area contributed by atoms with Gasteiger partial charge in [-0.3, -0.25) is 19.1 Å². The molecule has 1 aliphatic rings. The molecule has 1 aromatic carbocycles. The molecule has 1 aromatic heterocycles. The van der Waals surface area contributed by atoms with Crippen molar-refractivity contribution in [2.24, 2.45) is 5.92 Å². The van der Waals surface area contributed by atoms with Gasteiger partial charge in [-0.25, -0.2) is 0 Å². The SMILES string of the molecule is CCOC(=O)C1CCN(C(=O)CN(C)C(=O)C(c2ccccc2)n2cccn2)CC1. The summed E-state index contributed by atoms with van der Waals surface area (Å²) in [5, 5.41) is 4.24. The van der Waals surface area contributed by atoms with E-state index in [-0.39, 0.29) is 30.2 Å². The molecule has 2 heterocycles. The summed E-state index contributed by atoms with van der Waals surface area (Å²) >= 11 is 0. The maximum absolute atomic E-state index is 13.2. The average Bonchev–Trinajstić information content (AvgIpc) is 3.29. The molecule has 1 unspecified atom stereocenters. The van der Waals surface area contributed by atoms with E-state index < -0.39 is 6.04 Å². The molecule has 0 spiro atoms. The highest BCUT2D eigenvalue weighted by atomic mass is 16.5. The first-order chi connectivity index (χ1) is 14.5. The molecular formula is C22H28N4O4. The number of nitrogens with zero attached hydrogens (tertiary/aromatic N) is 4. The molecule has 1 aliphatic heterocycles. The van der Waals surface area contributed by atoms with Gasteiger partial charge in [-0.05, 0) is 31.4 Å². The predicted molar refractivity (Wildman–Crippen MR) is 110 cm³/mol. The van der Waals surface area contributed by atoms with Gasteiger partial charge < -0.3 is 14.5 Å². The molecule has 0 bridgehead atoms. The number of carbonyl (C=O) groups is 3. The third kappa shape index (κ3) is 5.06. The van der Waals surface area contributed by atoms with E-state index >= 15 is 0 Å². The lowest BCUT2D eigenvalue weighted by Crippen LogP contribution is -2.47. The fraction of sp³-hybridized carbons (Fsp3) is 0.455. The molecular weight excluding hydrogens is 384 g/mol. The number of likely N-dealkylation sites (tertiary alicyclic amines) is 1. The number of amides is 2. The Kier molecular flexibility index (Phi) is 7.21. The van der Waals surface area contributed by atoms with Gasteiger partial charge in [-0.15, -0.1) is 0 Å². The van der Waals surface area contributed by atoms with Crippen LogP contribution in [-0.4, -0.2) is 70.7 Å². The normalized spacial score (nSPS) is 15.5. The number of hydrogen-bond donors (Lipinski definition) is 0. The second-order valence-electron chi connectivity index (χ2n) is 7.40. The number of likely N-dealkylation sites (N-methyl/N-ethyl adjacent to an activating group) is 1. The second-order valence-corrected chi connectivity index (χ2v) is 7.40. The van der Waals surface area contributed by atoms with Crippen molar-refractivity contribution in [2.45, 2.75) is 25.8 Å². The molecule has 1 saturated heterocycles. The second kappa shape index (κ2) is 10.0. The zero-order valence-electron chi connectivity index (χ0n) is 17.4. The van der Waals surface area contributed by atoms with Crippen LogP contribution in [0.4, 0.5) is 0 Å². The highest BCUT2D eigenvalue weighted by Gasteiger charge is 2.31. The lowest BCUT2D eigenvalue weighted by Gasteiger charge is -2.32. The van der Waals surface area contributed by atoms with Crippen LogP contribution in [0.1, 0.15) is 31.4 Å². The Labute approximate surface area is 176 Å². The minimum absolute atomic E-state index is 0.0203. The molecule has 0 N–H and O–H groups in total. The van der Waals surface area contributed by atoms with Crippen molar-refractivity contribution in [1.29, 1.82) is 0 Å². The van der Waals surface area contributed by atoms with Gasteiger partial charge >= 0.3 is 5.97 Å². The molecule has 2 amide bonds. The Hall–Kier alpha value is -3.16. The topological polar surface area (TPSA) is 84.7 Å². The first kappa shape index (κ1) is 21.5. The molecule has 8 heteroatoms. The highest BCUT2D eigenvalue weighted by molar-refractivity contribution is 5.88. The summed E-state index contributed by atoms with van der Waals surface area (Å²) in [5.74, 6) is -0.683. The van der Waals surface area contributed by atoms with Crippen molar-refractivity contribution in [3.8, 4) is 0 Å². The van der Waals surface area contributed by atoms with Crippen molar-refractivity contribution in [3.05, 3.63) is 54.4 Å². The average molecular weight is 412 g/mol. The van der Waals surface area contributed by atoms with Gasteiger partial charge in [-0.1, -0.05) is 30.3 Å². The van der Waals surface area contributed by atoms with E-state index in [1.165, 1.54) is 4.90 Å². The van der Waals surface area contributed by atoms with Gasteiger partial charge in [0.15, 0.2) is 6.04 Å². The number of rotatable bonds is 7. The zero-order chi connectivity index (χ0) is 21.5. The van der Waals surface area contributed by atoms with Crippen LogP contribution in [0.15, 0.2) is 48.8 Å². The smallest absolute Gasteiger partial charge is 0.309 e. The number of piperidine rings is 1. The van der Waals surface area contributed by atoms with Gasteiger partial charge in [0.2, 0.25) is 5.91 Å². The van der Waals surface area contributed by atoms with Gasteiger partial charge in [0, 0.05) is 32.5 Å². The standard InChI is InChI=1S/C22H28N4O4/c1-3-30-22(29)18-10-14-25(15-11-18)19(27)16-24(2)21(28)20(26-13-7-12-23-26)17-8-5-4-6-9-17/h4-9,12-13,18,20H,3,10-11,14-16H2,1-2H3. The Morgan fingerprint density at radius 2 is 1.87 bits per heavy atom. The Balaban J connectivity index is 1.62. The molecule has 8 nitrogen and oxygen atoms in total. The monoisotopic (exact) mass is 412 g/mol. The summed E-state index contributed by atoms with van der Waals surface area (Å²) in [6.45, 7) is 3.11. The molecule has 0 saturated carbocycles. The lowest BCUT2D eigenvalue weighted by molar-refractivity contribution is -0.151. The Bertz CT molecular complexity index is 845. The van der Waals surface area contributed by atoms with Gasteiger partial charge in [0.05, 0.1) is 19.1 Å². The summed E-state index contributed by atoms with van der Waals surface area (Å²) in [6.07, 6.45) is 4.54. The number of esters is 1. The first-order valence-electron chi connectivity index (χ1n) is 10.2. The number of benzene rings is 1. The van der Waals surface area contributed by atoms with Crippen LogP contribution in [0, 0.1) is 5.92 Å². The van der Waals surface area contributed by atoms with E-state index in [2.05, 4.69) is 5.10 Å². The fourth-order valence-electron chi connectivity index (χ4n) is 3.69. The molecule has 1 fully saturated rings. The van der Waals surface area contributed by atoms with Gasteiger partial charge in [0.25, 0.3) is 5.91 Å². The molecule has 2 aromatic rings. The molecule has 3 rings (SSSR count). The van der Waals surface area contributed by atoms with E-state index in [4.69, 9.17) is 4.74 Å². The number of carbonyl (C=O) groups excluding carboxylic acids is 3. The summed E-state index contributed by atoms with van der Waals surface area (Å²) < 4.78 is 6.67. The molecule has 30 heavy (non-hydrogen) atoms. The third-order valence-electron chi connectivity index (χ3n) is 5.35. The van der Waals surface area contributed by atoms with Crippen molar-refractivity contribution < 1.29 is 19.1 Å². The molecule has 1 atom stereocenters. The van der Waals surface area contributed by atoms with Crippen LogP contribution in [-0.2, 0) is 19.1 Å². The van der Waals surface area contributed by atoms with E-state index in [1.807, 2.05) is 30.3 Å². The zero-order valence-corrected chi connectivity index (χ0v) is 17.4. The van der Waals surface area contributed by atoms with Crippen LogP contribution in [0.5, 0.6) is 0 Å². The molecule has 160 valence electrons. The van der Waals surface area contributed by atoms with Crippen molar-refractivity contribution in [1.82, 2.24) is 19.6 Å². The Morgan fingerprint density at radius 3 is 2.47 bits per heavy atom. The van der Waals surface area contributed by atoms with Crippen LogP contribution in [0.2, 0.25) is 0 Å². The van der Waals surface area contributed by atoms with Crippen LogP contribution < -0.4 is 0 Å². The molecule has 0 radical (unpaired) electrons. The van der Waals surface area contributed by atoms with Crippen LogP contribution in [0.3, 0.4) is 0 Å². The van der Waals surface area contributed by atoms with Gasteiger partial charge in [0.1, 0.15) is 0 Å². The number of hydrogen-bond acceptors (Lipinski definition) is 5. The minimum Gasteiger partial charge on any atom is -0.466 e. The summed E-state index contributed by atoms with van der Waals surface area (Å²) in [6, 6.07) is 10.5. The number of ether oxygens (including phenoxy) is 1. The first-order valence-corrected chi connectivity index (χ1v) is 10.2. The third-order valence-corrected chi connectivity index (χ3v) is 5.35. The van der Waals surface area contributed by atoms with E-state index in [1.54, 1.807) is 42.0 Å². The van der Waals surface area contributed by atoms with E-state index in [0.29, 0.717) is 32.5 Å². The quantitative estimate of drug-likeness (QED) is 0.647. The summed E-state index contributed by atoms with van der Waals surface area (Å²) in [7, 11) is 1.63. The largest absolute Gasteiger partial charge is 0.466 e. The van der Waals surface area contributed by atoms with E-state index in [0.717, 1.165) is 5.56 Å². The molecule has 0 aliphatic carbocycles. The summed E-state index contributed by atoms with van der Waals surface area (Å²) in [4.78, 5) is 41.0. The Morgan fingerprint density at radius 1 is 1.17 bits per heavy atom. The maximum Gasteiger partial charge on any atom is 0.309 e.